The molecule has 3 heterocycles. The lowest BCUT2D eigenvalue weighted by atomic mass is 9.90. The van der Waals surface area contributed by atoms with E-state index < -0.39 is 0 Å². The molecule has 1 N–H and O–H groups in total. The number of rotatable bonds is 9. The average molecular weight is 473 g/mol. The summed E-state index contributed by atoms with van der Waals surface area (Å²) in [6, 6.07) is 0.820. The van der Waals surface area contributed by atoms with Crippen LogP contribution in [-0.2, 0) is 14.3 Å². The number of carbonyl (C=O) groups excluding carboxylic acids is 1. The number of nitrogens with zero attached hydrogens (tertiary/aromatic N) is 3. The van der Waals surface area contributed by atoms with Gasteiger partial charge in [0.1, 0.15) is 0 Å². The van der Waals surface area contributed by atoms with Gasteiger partial charge in [0.25, 0.3) is 5.91 Å². The number of aromatic nitrogens is 2. The summed E-state index contributed by atoms with van der Waals surface area (Å²) in [4.78, 5) is 19.5. The number of amides is 1. The van der Waals surface area contributed by atoms with Crippen LogP contribution in [0.5, 0.6) is 0 Å². The maximum atomic E-state index is 12.7. The minimum absolute atomic E-state index is 0. The number of hydrogen-bond donors (Lipinski definition) is 1. The van der Waals surface area contributed by atoms with E-state index in [0.29, 0.717) is 25.1 Å². The van der Waals surface area contributed by atoms with E-state index in [-0.39, 0.29) is 24.9 Å². The monoisotopic (exact) mass is 472 g/mol. The zero-order valence-corrected chi connectivity index (χ0v) is 20.9. The molecule has 3 fully saturated rings. The van der Waals surface area contributed by atoms with Gasteiger partial charge in [0.05, 0.1) is 24.9 Å². The molecule has 1 aromatic heterocycles. The highest BCUT2D eigenvalue weighted by molar-refractivity contribution is 5.99. The summed E-state index contributed by atoms with van der Waals surface area (Å²) >= 11 is 0. The Morgan fingerprint density at radius 3 is 2.74 bits per heavy atom. The van der Waals surface area contributed by atoms with Crippen molar-refractivity contribution >= 4 is 11.9 Å². The van der Waals surface area contributed by atoms with Crippen LogP contribution in [0.3, 0.4) is 0 Å². The summed E-state index contributed by atoms with van der Waals surface area (Å²) in [5.41, 5.74) is 2.87. The van der Waals surface area contributed by atoms with Crippen molar-refractivity contribution in [2.75, 3.05) is 37.8 Å². The van der Waals surface area contributed by atoms with E-state index >= 15 is 0 Å². The molecule has 8 heteroatoms. The average Bonchev–Trinajstić information content (AvgIpc) is 3.27. The van der Waals surface area contributed by atoms with Gasteiger partial charge < -0.3 is 24.2 Å². The lowest BCUT2D eigenvalue weighted by Gasteiger charge is -2.31. The molecular weight excluding hydrogens is 432 g/mol. The Labute approximate surface area is 203 Å². The van der Waals surface area contributed by atoms with Crippen molar-refractivity contribution in [3.63, 3.8) is 0 Å². The number of hydrogen-bond acceptors (Lipinski definition) is 7. The number of piperidine rings is 1. The van der Waals surface area contributed by atoms with Gasteiger partial charge in [0, 0.05) is 38.5 Å². The van der Waals surface area contributed by atoms with Crippen LogP contribution in [0, 0.1) is 11.8 Å². The maximum absolute atomic E-state index is 12.7. The van der Waals surface area contributed by atoms with Crippen molar-refractivity contribution in [1.82, 2.24) is 15.5 Å². The molecular formula is C26H40N4O4. The molecule has 2 saturated heterocycles. The Bertz CT molecular complexity index is 978. The van der Waals surface area contributed by atoms with Gasteiger partial charge in [-0.25, -0.2) is 0 Å². The fraction of sp³-hybridized carbons (Fsp3) is 0.731. The summed E-state index contributed by atoms with van der Waals surface area (Å²) in [5, 5.41) is 7.18. The highest BCUT2D eigenvalue weighted by atomic mass is 16.5. The Hall–Kier alpha value is -2.19. The Morgan fingerprint density at radius 2 is 2.09 bits per heavy atom. The molecule has 0 radical (unpaired) electrons. The molecule has 0 aromatic carbocycles. The Balaban J connectivity index is 0.00000289. The lowest BCUT2D eigenvalue weighted by Crippen LogP contribution is -2.49. The number of fused-ring (bicyclic) bond motifs is 1. The third kappa shape index (κ3) is 4.67. The van der Waals surface area contributed by atoms with Crippen LogP contribution >= 0.6 is 0 Å². The minimum Gasteiger partial charge on any atom is -0.377 e. The summed E-state index contributed by atoms with van der Waals surface area (Å²) in [6.07, 6.45) is 7.74. The number of ether oxygens (including phenoxy) is 2. The van der Waals surface area contributed by atoms with Crippen molar-refractivity contribution in [2.45, 2.75) is 77.4 Å². The van der Waals surface area contributed by atoms with E-state index in [0.717, 1.165) is 68.3 Å². The first kappa shape index (κ1) is 23.5. The zero-order chi connectivity index (χ0) is 23.9. The standard InChI is InChI=1S/C26H38N4O4.H2/c1-16(2)23-28-25(34-29-23)30-9-7-19(8-10-30)6-5-11-33-26-12-17(3)22(18(4)21(26)13-26)24(31)27-20-14-32-15-20;/h12,16,19-21H,5-11,13-15H2,1-4H3,(H,27,31);1H. The highest BCUT2D eigenvalue weighted by Gasteiger charge is 2.57. The van der Waals surface area contributed by atoms with Crippen LogP contribution in [0.1, 0.15) is 73.0 Å². The third-order valence-electron chi connectivity index (χ3n) is 7.89. The first-order valence-electron chi connectivity index (χ1n) is 12.9. The summed E-state index contributed by atoms with van der Waals surface area (Å²) in [7, 11) is 0. The highest BCUT2D eigenvalue weighted by Crippen LogP contribution is 2.57. The van der Waals surface area contributed by atoms with Crippen LogP contribution < -0.4 is 10.2 Å². The molecule has 2 unspecified atom stereocenters. The van der Waals surface area contributed by atoms with Gasteiger partial charge in [-0.3, -0.25) is 4.79 Å². The zero-order valence-electron chi connectivity index (χ0n) is 20.9. The van der Waals surface area contributed by atoms with Gasteiger partial charge in [0.15, 0.2) is 5.82 Å². The largest absolute Gasteiger partial charge is 0.377 e. The van der Waals surface area contributed by atoms with E-state index in [1.165, 1.54) is 12.0 Å². The molecule has 2 aliphatic heterocycles. The smallest absolute Gasteiger partial charge is 0.324 e. The molecule has 8 nitrogen and oxygen atoms in total. The first-order valence-corrected chi connectivity index (χ1v) is 12.9. The fourth-order valence-electron chi connectivity index (χ4n) is 5.64. The van der Waals surface area contributed by atoms with Gasteiger partial charge in [-0.15, -0.1) is 0 Å². The third-order valence-corrected chi connectivity index (χ3v) is 7.89. The molecule has 2 aliphatic carbocycles. The summed E-state index contributed by atoms with van der Waals surface area (Å²) in [5.74, 6) is 2.16. The maximum Gasteiger partial charge on any atom is 0.324 e. The molecule has 188 valence electrons. The molecule has 5 rings (SSSR count). The van der Waals surface area contributed by atoms with E-state index in [2.05, 4.69) is 47.2 Å². The van der Waals surface area contributed by atoms with E-state index in [9.17, 15) is 4.79 Å². The topological polar surface area (TPSA) is 89.7 Å². The van der Waals surface area contributed by atoms with E-state index in [1.807, 2.05) is 6.92 Å². The Morgan fingerprint density at radius 1 is 1.32 bits per heavy atom. The lowest BCUT2D eigenvalue weighted by molar-refractivity contribution is -0.121. The number of anilines is 1. The molecule has 4 aliphatic rings. The van der Waals surface area contributed by atoms with Gasteiger partial charge >= 0.3 is 6.01 Å². The fourth-order valence-corrected chi connectivity index (χ4v) is 5.64. The van der Waals surface area contributed by atoms with Gasteiger partial charge in [0.2, 0.25) is 0 Å². The SMILES string of the molecule is CC1=CC2(OCCCC3CCN(c4nc(C(C)C)no4)CC3)CC2C(C)=C1C(=O)NC1COC1.[HH]. The predicted molar refractivity (Wildman–Crippen MR) is 131 cm³/mol. The second-order valence-electron chi connectivity index (χ2n) is 10.8. The van der Waals surface area contributed by atoms with Crippen molar-refractivity contribution in [3.05, 3.63) is 28.6 Å². The molecule has 0 spiro atoms. The van der Waals surface area contributed by atoms with Gasteiger partial charge in [-0.05, 0) is 63.5 Å². The molecule has 1 saturated carbocycles. The summed E-state index contributed by atoms with van der Waals surface area (Å²) in [6.45, 7) is 12.2. The normalized spacial score (nSPS) is 27.5. The van der Waals surface area contributed by atoms with Crippen LogP contribution in [0.25, 0.3) is 0 Å². The first-order chi connectivity index (χ1) is 16.4. The molecule has 0 bridgehead atoms. The van der Waals surface area contributed by atoms with E-state index in [1.54, 1.807) is 0 Å². The van der Waals surface area contributed by atoms with Crippen molar-refractivity contribution in [1.29, 1.82) is 0 Å². The molecule has 34 heavy (non-hydrogen) atoms. The quantitative estimate of drug-likeness (QED) is 0.543. The molecule has 2 atom stereocenters. The van der Waals surface area contributed by atoms with Crippen molar-refractivity contribution < 1.29 is 20.2 Å². The number of carbonyl (C=O) groups is 1. The summed E-state index contributed by atoms with van der Waals surface area (Å²) < 4.78 is 17.1. The van der Waals surface area contributed by atoms with Gasteiger partial charge in [-0.2, -0.15) is 4.98 Å². The van der Waals surface area contributed by atoms with Gasteiger partial charge in [-0.1, -0.05) is 24.6 Å². The van der Waals surface area contributed by atoms with Crippen LogP contribution in [-0.4, -0.2) is 60.6 Å². The van der Waals surface area contributed by atoms with Crippen LogP contribution in [0.2, 0.25) is 0 Å². The van der Waals surface area contributed by atoms with Crippen molar-refractivity contribution in [2.24, 2.45) is 11.8 Å². The van der Waals surface area contributed by atoms with Crippen molar-refractivity contribution in [3.8, 4) is 0 Å². The van der Waals surface area contributed by atoms with E-state index in [4.69, 9.17) is 14.0 Å². The Kier molecular flexibility index (Phi) is 6.55. The second kappa shape index (κ2) is 9.46. The molecule has 1 amide bonds. The second-order valence-corrected chi connectivity index (χ2v) is 10.8. The minimum atomic E-state index is -0.188. The van der Waals surface area contributed by atoms with Crippen LogP contribution in [0.4, 0.5) is 6.01 Å². The molecule has 1 aromatic rings. The van der Waals surface area contributed by atoms with Crippen LogP contribution in [0.15, 0.2) is 27.3 Å². The number of nitrogens with one attached hydrogen (secondary N) is 1. The predicted octanol–water partition coefficient (Wildman–Crippen LogP) is 4.00.